The minimum absolute atomic E-state index is 0.107. The van der Waals surface area contributed by atoms with E-state index in [-0.39, 0.29) is 12.1 Å². The van der Waals surface area contributed by atoms with Crippen molar-refractivity contribution in [1.82, 2.24) is 0 Å². The van der Waals surface area contributed by atoms with E-state index in [1.807, 2.05) is 28.7 Å². The normalized spacial score (nSPS) is 9.50. The number of nitrogens with zero attached hydrogens (tertiary/aromatic N) is 2. The van der Waals surface area contributed by atoms with E-state index < -0.39 is 4.92 Å². The number of nitriles is 1. The Morgan fingerprint density at radius 1 is 1.64 bits per heavy atom. The summed E-state index contributed by atoms with van der Waals surface area (Å²) >= 11 is 2.03. The highest BCUT2D eigenvalue weighted by Crippen LogP contribution is 2.26. The summed E-state index contributed by atoms with van der Waals surface area (Å²) in [5.41, 5.74) is 1.58. The maximum Gasteiger partial charge on any atom is 0.273 e. The standard InChI is InChI=1S/C9H7IN2O2/c1-6-8(12(13)14)3-2-7(4-5-11)9(6)10/h2-3H,4H2,1H3. The Kier molecular flexibility index (Phi) is 3.41. The Morgan fingerprint density at radius 3 is 2.79 bits per heavy atom. The first kappa shape index (κ1) is 10.9. The van der Waals surface area contributed by atoms with Crippen molar-refractivity contribution in [3.8, 4) is 6.07 Å². The molecule has 0 heterocycles. The van der Waals surface area contributed by atoms with Crippen LogP contribution < -0.4 is 0 Å². The van der Waals surface area contributed by atoms with Gasteiger partial charge in [0.05, 0.1) is 17.4 Å². The second kappa shape index (κ2) is 4.37. The first-order valence-corrected chi connectivity index (χ1v) is 4.95. The predicted octanol–water partition coefficient (Wildman–Crippen LogP) is 2.57. The van der Waals surface area contributed by atoms with Gasteiger partial charge in [0, 0.05) is 15.2 Å². The molecule has 0 aliphatic rings. The zero-order valence-corrected chi connectivity index (χ0v) is 9.61. The number of nitro benzene ring substituents is 1. The van der Waals surface area contributed by atoms with Gasteiger partial charge in [0.15, 0.2) is 0 Å². The summed E-state index contributed by atoms with van der Waals surface area (Å²) in [7, 11) is 0. The fourth-order valence-corrected chi connectivity index (χ4v) is 1.80. The van der Waals surface area contributed by atoms with Gasteiger partial charge < -0.3 is 0 Å². The molecular weight excluding hydrogens is 295 g/mol. The summed E-state index contributed by atoms with van der Waals surface area (Å²) in [5.74, 6) is 0. The molecule has 0 unspecified atom stereocenters. The van der Waals surface area contributed by atoms with Gasteiger partial charge >= 0.3 is 0 Å². The van der Waals surface area contributed by atoms with E-state index in [1.165, 1.54) is 6.07 Å². The summed E-state index contributed by atoms with van der Waals surface area (Å²) in [6, 6.07) is 5.11. The number of hydrogen-bond acceptors (Lipinski definition) is 3. The lowest BCUT2D eigenvalue weighted by atomic mass is 10.1. The Hall–Kier alpha value is -1.16. The van der Waals surface area contributed by atoms with Crippen molar-refractivity contribution in [2.75, 3.05) is 0 Å². The molecule has 0 saturated carbocycles. The van der Waals surface area contributed by atoms with Crippen LogP contribution in [0, 0.1) is 31.9 Å². The quantitative estimate of drug-likeness (QED) is 0.479. The maximum absolute atomic E-state index is 10.6. The Bertz CT molecular complexity index is 424. The van der Waals surface area contributed by atoms with Gasteiger partial charge in [0.25, 0.3) is 5.69 Å². The molecule has 1 aromatic rings. The Labute approximate surface area is 94.8 Å². The molecule has 0 spiro atoms. The van der Waals surface area contributed by atoms with Crippen molar-refractivity contribution >= 4 is 28.3 Å². The zero-order valence-electron chi connectivity index (χ0n) is 7.45. The molecule has 0 atom stereocenters. The van der Waals surface area contributed by atoms with Crippen molar-refractivity contribution in [2.45, 2.75) is 13.3 Å². The highest BCUT2D eigenvalue weighted by molar-refractivity contribution is 14.1. The largest absolute Gasteiger partial charge is 0.273 e. The molecule has 0 radical (unpaired) electrons. The lowest BCUT2D eigenvalue weighted by Gasteiger charge is -2.03. The number of rotatable bonds is 2. The molecular formula is C9H7IN2O2. The highest BCUT2D eigenvalue weighted by Gasteiger charge is 2.14. The van der Waals surface area contributed by atoms with Gasteiger partial charge in [-0.05, 0) is 35.1 Å². The molecule has 72 valence electrons. The van der Waals surface area contributed by atoms with Crippen LogP contribution in [0.2, 0.25) is 0 Å². The minimum atomic E-state index is -0.409. The Balaban J connectivity index is 3.27. The third-order valence-corrected chi connectivity index (χ3v) is 3.41. The van der Waals surface area contributed by atoms with Crippen LogP contribution in [-0.4, -0.2) is 4.92 Å². The van der Waals surface area contributed by atoms with E-state index in [1.54, 1.807) is 13.0 Å². The van der Waals surface area contributed by atoms with Crippen LogP contribution in [-0.2, 0) is 6.42 Å². The predicted molar refractivity (Wildman–Crippen MR) is 59.9 cm³/mol. The van der Waals surface area contributed by atoms with Crippen LogP contribution >= 0.6 is 22.6 Å². The molecule has 0 fully saturated rings. The molecule has 5 heteroatoms. The van der Waals surface area contributed by atoms with E-state index in [9.17, 15) is 10.1 Å². The summed E-state index contributed by atoms with van der Waals surface area (Å²) in [5, 5.41) is 19.1. The number of halogens is 1. The SMILES string of the molecule is Cc1c([N+](=O)[O-])ccc(CC#N)c1I. The van der Waals surface area contributed by atoms with E-state index >= 15 is 0 Å². The molecule has 0 aliphatic heterocycles. The molecule has 1 aromatic carbocycles. The van der Waals surface area contributed by atoms with Crippen LogP contribution in [0.3, 0.4) is 0 Å². The van der Waals surface area contributed by atoms with Crippen LogP contribution in [0.4, 0.5) is 5.69 Å². The molecule has 1 rings (SSSR count). The second-order valence-electron chi connectivity index (χ2n) is 2.77. The first-order valence-electron chi connectivity index (χ1n) is 3.87. The minimum Gasteiger partial charge on any atom is -0.258 e. The van der Waals surface area contributed by atoms with Crippen LogP contribution in [0.1, 0.15) is 11.1 Å². The van der Waals surface area contributed by atoms with Gasteiger partial charge in [-0.3, -0.25) is 10.1 Å². The molecule has 0 aliphatic carbocycles. The van der Waals surface area contributed by atoms with Crippen molar-refractivity contribution in [1.29, 1.82) is 5.26 Å². The third-order valence-electron chi connectivity index (χ3n) is 1.90. The van der Waals surface area contributed by atoms with Crippen molar-refractivity contribution in [3.63, 3.8) is 0 Å². The van der Waals surface area contributed by atoms with Gasteiger partial charge in [0.1, 0.15) is 0 Å². The molecule has 0 saturated heterocycles. The summed E-state index contributed by atoms with van der Waals surface area (Å²) in [4.78, 5) is 10.2. The van der Waals surface area contributed by atoms with Crippen LogP contribution in [0.25, 0.3) is 0 Å². The second-order valence-corrected chi connectivity index (χ2v) is 3.85. The third kappa shape index (κ3) is 2.01. The molecule has 0 amide bonds. The maximum atomic E-state index is 10.6. The zero-order chi connectivity index (χ0) is 10.7. The molecule has 0 N–H and O–H groups in total. The van der Waals surface area contributed by atoms with Gasteiger partial charge in [-0.15, -0.1) is 0 Å². The lowest BCUT2D eigenvalue weighted by Crippen LogP contribution is -1.97. The molecule has 14 heavy (non-hydrogen) atoms. The summed E-state index contributed by atoms with van der Waals surface area (Å²) in [6.07, 6.45) is 0.289. The Morgan fingerprint density at radius 2 is 2.29 bits per heavy atom. The van der Waals surface area contributed by atoms with E-state index in [4.69, 9.17) is 5.26 Å². The van der Waals surface area contributed by atoms with Gasteiger partial charge in [-0.1, -0.05) is 6.07 Å². The van der Waals surface area contributed by atoms with Crippen molar-refractivity contribution < 1.29 is 4.92 Å². The average Bonchev–Trinajstić information content (AvgIpc) is 2.13. The smallest absolute Gasteiger partial charge is 0.258 e. The summed E-state index contributed by atoms with van der Waals surface area (Å²) < 4.78 is 0.804. The molecule has 0 bridgehead atoms. The van der Waals surface area contributed by atoms with Crippen molar-refractivity contribution in [2.24, 2.45) is 0 Å². The van der Waals surface area contributed by atoms with Gasteiger partial charge in [0.2, 0.25) is 0 Å². The lowest BCUT2D eigenvalue weighted by molar-refractivity contribution is -0.385. The van der Waals surface area contributed by atoms with E-state index in [0.717, 1.165) is 9.13 Å². The fraction of sp³-hybridized carbons (Fsp3) is 0.222. The van der Waals surface area contributed by atoms with E-state index in [0.29, 0.717) is 5.56 Å². The topological polar surface area (TPSA) is 66.9 Å². The van der Waals surface area contributed by atoms with E-state index in [2.05, 4.69) is 0 Å². The number of benzene rings is 1. The average molecular weight is 302 g/mol. The number of nitro groups is 1. The fourth-order valence-electron chi connectivity index (χ4n) is 1.15. The number of hydrogen-bond donors (Lipinski definition) is 0. The van der Waals surface area contributed by atoms with Crippen molar-refractivity contribution in [3.05, 3.63) is 36.9 Å². The highest BCUT2D eigenvalue weighted by atomic mass is 127. The first-order chi connectivity index (χ1) is 6.57. The van der Waals surface area contributed by atoms with Gasteiger partial charge in [-0.25, -0.2) is 0 Å². The molecule has 0 aromatic heterocycles. The molecule has 4 nitrogen and oxygen atoms in total. The van der Waals surface area contributed by atoms with Crippen LogP contribution in [0.5, 0.6) is 0 Å². The monoisotopic (exact) mass is 302 g/mol. The summed E-state index contributed by atoms with van der Waals surface area (Å²) in [6.45, 7) is 1.70. The van der Waals surface area contributed by atoms with Crippen LogP contribution in [0.15, 0.2) is 12.1 Å². The van der Waals surface area contributed by atoms with Gasteiger partial charge in [-0.2, -0.15) is 5.26 Å².